The third-order valence-corrected chi connectivity index (χ3v) is 4.96. The number of aromatic amines is 1. The number of carbonyl (C=O) groups is 2. The predicted octanol–water partition coefficient (Wildman–Crippen LogP) is 2.70. The second-order valence-electron chi connectivity index (χ2n) is 6.98. The number of rotatable bonds is 5. The lowest BCUT2D eigenvalue weighted by Crippen LogP contribution is -2.45. The number of fused-ring (bicyclic) bond motifs is 1. The lowest BCUT2D eigenvalue weighted by atomic mass is 10.2. The van der Waals surface area contributed by atoms with Crippen LogP contribution in [0.3, 0.4) is 0 Å². The smallest absolute Gasteiger partial charge is 0.407 e. The number of para-hydroxylation sites is 2. The van der Waals surface area contributed by atoms with Gasteiger partial charge in [0.05, 0.1) is 17.6 Å². The molecule has 0 aliphatic carbocycles. The molecule has 4 rings (SSSR count). The van der Waals surface area contributed by atoms with Crippen LogP contribution in [0.5, 0.6) is 0 Å². The van der Waals surface area contributed by atoms with Gasteiger partial charge in [-0.3, -0.25) is 4.79 Å². The summed E-state index contributed by atoms with van der Waals surface area (Å²) < 4.78 is 18.3. The minimum atomic E-state index is -2.27. The highest BCUT2D eigenvalue weighted by atomic mass is 35.5. The molecule has 0 spiro atoms. The van der Waals surface area contributed by atoms with Crippen LogP contribution in [0, 0.1) is 5.82 Å². The molecule has 1 aliphatic heterocycles. The van der Waals surface area contributed by atoms with Crippen molar-refractivity contribution in [2.24, 2.45) is 0 Å². The standard InChI is InChI=1S/C20H18ClFN4O4/c21-13-7-12(8-14(22)9-13)10-23-19(28)30-20(29)5-6-26(18(20)27)11-17-24-15-3-1-2-4-16(15)25-17/h1-4,7-9,29H,5-6,10-11H2,(H,23,28)(H,24,25). The van der Waals surface area contributed by atoms with E-state index in [9.17, 15) is 19.1 Å². The molecule has 2 aromatic carbocycles. The van der Waals surface area contributed by atoms with Gasteiger partial charge >= 0.3 is 6.09 Å². The number of carbonyl (C=O) groups excluding carboxylic acids is 2. The molecule has 10 heteroatoms. The molecule has 1 fully saturated rings. The molecule has 1 unspecified atom stereocenters. The molecule has 0 radical (unpaired) electrons. The van der Waals surface area contributed by atoms with Crippen molar-refractivity contribution >= 4 is 34.6 Å². The van der Waals surface area contributed by atoms with E-state index in [1.165, 1.54) is 17.0 Å². The Morgan fingerprint density at radius 3 is 2.93 bits per heavy atom. The van der Waals surface area contributed by atoms with Gasteiger partial charge in [0.15, 0.2) is 0 Å². The number of nitrogens with one attached hydrogen (secondary N) is 2. The average molecular weight is 433 g/mol. The zero-order chi connectivity index (χ0) is 21.3. The molecule has 2 heterocycles. The van der Waals surface area contributed by atoms with Gasteiger partial charge in [-0.05, 0) is 35.9 Å². The van der Waals surface area contributed by atoms with E-state index in [2.05, 4.69) is 15.3 Å². The Balaban J connectivity index is 1.35. The van der Waals surface area contributed by atoms with Gasteiger partial charge in [0.2, 0.25) is 0 Å². The zero-order valence-corrected chi connectivity index (χ0v) is 16.4. The first kappa shape index (κ1) is 20.1. The van der Waals surface area contributed by atoms with Gasteiger partial charge in [-0.1, -0.05) is 23.7 Å². The van der Waals surface area contributed by atoms with Gasteiger partial charge < -0.3 is 25.0 Å². The Morgan fingerprint density at radius 2 is 2.17 bits per heavy atom. The topological polar surface area (TPSA) is 108 Å². The number of alkyl carbamates (subject to hydrolysis) is 1. The van der Waals surface area contributed by atoms with Crippen LogP contribution in [0.25, 0.3) is 11.0 Å². The summed E-state index contributed by atoms with van der Waals surface area (Å²) in [6.07, 6.45) is -1.08. The van der Waals surface area contributed by atoms with Crippen LogP contribution in [0.1, 0.15) is 17.8 Å². The van der Waals surface area contributed by atoms with Gasteiger partial charge in [-0.2, -0.15) is 0 Å². The first-order valence-corrected chi connectivity index (χ1v) is 9.57. The fraction of sp³-hybridized carbons (Fsp3) is 0.250. The summed E-state index contributed by atoms with van der Waals surface area (Å²) in [5.41, 5.74) is 2.01. The number of ether oxygens (including phenoxy) is 1. The van der Waals surface area contributed by atoms with Crippen molar-refractivity contribution in [3.63, 3.8) is 0 Å². The first-order chi connectivity index (χ1) is 14.3. The average Bonchev–Trinajstić information content (AvgIpc) is 3.22. The van der Waals surface area contributed by atoms with Gasteiger partial charge in [0.25, 0.3) is 11.7 Å². The van der Waals surface area contributed by atoms with Crippen LogP contribution < -0.4 is 5.32 Å². The molecule has 1 aliphatic rings. The molecule has 3 N–H and O–H groups in total. The number of amides is 2. The Bertz CT molecular complexity index is 1070. The number of hydrogen-bond donors (Lipinski definition) is 3. The highest BCUT2D eigenvalue weighted by Crippen LogP contribution is 2.26. The third kappa shape index (κ3) is 4.22. The SMILES string of the molecule is O=C(NCc1cc(F)cc(Cl)c1)OC1(O)CCN(Cc2nc3ccccc3[nH]2)C1=O. The minimum absolute atomic E-state index is 0.0781. The summed E-state index contributed by atoms with van der Waals surface area (Å²) in [6, 6.07) is 11.3. The van der Waals surface area contributed by atoms with Crippen molar-refractivity contribution in [3.8, 4) is 0 Å². The van der Waals surface area contributed by atoms with Crippen molar-refractivity contribution in [1.82, 2.24) is 20.2 Å². The van der Waals surface area contributed by atoms with Crippen LogP contribution in [0.15, 0.2) is 42.5 Å². The van der Waals surface area contributed by atoms with Gasteiger partial charge in [-0.15, -0.1) is 0 Å². The number of H-pyrrole nitrogens is 1. The van der Waals surface area contributed by atoms with Crippen LogP contribution in [-0.4, -0.2) is 44.3 Å². The molecule has 0 saturated carbocycles. The number of benzene rings is 2. The Kier molecular flexibility index (Phi) is 5.31. The molecule has 8 nitrogen and oxygen atoms in total. The summed E-state index contributed by atoms with van der Waals surface area (Å²) >= 11 is 5.77. The molecule has 1 saturated heterocycles. The number of hydrogen-bond acceptors (Lipinski definition) is 5. The second-order valence-corrected chi connectivity index (χ2v) is 7.42. The molecule has 30 heavy (non-hydrogen) atoms. The molecule has 1 aromatic heterocycles. The predicted molar refractivity (Wildman–Crippen MR) is 106 cm³/mol. The quantitative estimate of drug-likeness (QED) is 0.537. The molecule has 0 bridgehead atoms. The number of nitrogens with zero attached hydrogens (tertiary/aromatic N) is 2. The van der Waals surface area contributed by atoms with Crippen molar-refractivity contribution in [3.05, 3.63) is 64.7 Å². The van der Waals surface area contributed by atoms with Crippen molar-refractivity contribution < 1.29 is 23.8 Å². The van der Waals surface area contributed by atoms with Crippen molar-refractivity contribution in [2.75, 3.05) is 6.54 Å². The fourth-order valence-electron chi connectivity index (χ4n) is 3.33. The minimum Gasteiger partial charge on any atom is -0.407 e. The number of aromatic nitrogens is 2. The van der Waals surface area contributed by atoms with E-state index in [-0.39, 0.29) is 31.1 Å². The lowest BCUT2D eigenvalue weighted by molar-refractivity contribution is -0.182. The molecule has 156 valence electrons. The number of imidazole rings is 1. The van der Waals surface area contributed by atoms with Crippen LogP contribution in [0.4, 0.5) is 9.18 Å². The highest BCUT2D eigenvalue weighted by Gasteiger charge is 2.49. The van der Waals surface area contributed by atoms with Gasteiger partial charge in [-0.25, -0.2) is 14.2 Å². The highest BCUT2D eigenvalue weighted by molar-refractivity contribution is 6.30. The zero-order valence-electron chi connectivity index (χ0n) is 15.7. The molecule has 1 atom stereocenters. The van der Waals surface area contributed by atoms with Gasteiger partial charge in [0.1, 0.15) is 11.6 Å². The van der Waals surface area contributed by atoms with E-state index in [4.69, 9.17) is 16.3 Å². The first-order valence-electron chi connectivity index (χ1n) is 9.19. The molecule has 2 amide bonds. The van der Waals surface area contributed by atoms with Crippen LogP contribution in [-0.2, 0) is 22.6 Å². The molecular formula is C20H18ClFN4O4. The van der Waals surface area contributed by atoms with Crippen LogP contribution in [0.2, 0.25) is 5.02 Å². The maximum Gasteiger partial charge on any atom is 0.410 e. The van der Waals surface area contributed by atoms with Gasteiger partial charge in [0, 0.05) is 24.5 Å². The number of halogens is 2. The summed E-state index contributed by atoms with van der Waals surface area (Å²) in [4.78, 5) is 33.5. The van der Waals surface area contributed by atoms with Crippen molar-refractivity contribution in [1.29, 1.82) is 0 Å². The molecule has 3 aromatic rings. The second kappa shape index (κ2) is 7.92. The van der Waals surface area contributed by atoms with E-state index in [0.29, 0.717) is 11.4 Å². The van der Waals surface area contributed by atoms with Crippen molar-refractivity contribution in [2.45, 2.75) is 25.3 Å². The fourth-order valence-corrected chi connectivity index (χ4v) is 3.57. The summed E-state index contributed by atoms with van der Waals surface area (Å²) in [6.45, 7) is 0.255. The van der Waals surface area contributed by atoms with Crippen LogP contribution >= 0.6 is 11.6 Å². The Labute approximate surface area is 175 Å². The summed E-state index contributed by atoms with van der Waals surface area (Å²) in [5, 5.41) is 13.1. The van der Waals surface area contributed by atoms with E-state index in [1.54, 1.807) is 0 Å². The molecular weight excluding hydrogens is 415 g/mol. The maximum atomic E-state index is 13.4. The Hall–Kier alpha value is -3.17. The summed E-state index contributed by atoms with van der Waals surface area (Å²) in [5.74, 6) is -2.98. The van der Waals surface area contributed by atoms with E-state index >= 15 is 0 Å². The maximum absolute atomic E-state index is 13.4. The Morgan fingerprint density at radius 1 is 1.37 bits per heavy atom. The number of likely N-dealkylation sites (tertiary alicyclic amines) is 1. The summed E-state index contributed by atoms with van der Waals surface area (Å²) in [7, 11) is 0. The largest absolute Gasteiger partial charge is 0.410 e. The van der Waals surface area contributed by atoms with E-state index < -0.39 is 23.6 Å². The lowest BCUT2D eigenvalue weighted by Gasteiger charge is -2.22. The number of aliphatic hydroxyl groups is 1. The monoisotopic (exact) mass is 432 g/mol. The third-order valence-electron chi connectivity index (χ3n) is 4.74. The van der Waals surface area contributed by atoms with E-state index in [0.717, 1.165) is 17.1 Å². The normalized spacial score (nSPS) is 18.8. The van der Waals surface area contributed by atoms with E-state index in [1.807, 2.05) is 24.3 Å².